The third-order valence-corrected chi connectivity index (χ3v) is 3.04. The molecule has 2 fully saturated rings. The van der Waals surface area contributed by atoms with Gasteiger partial charge >= 0.3 is 12.0 Å². The molecule has 0 aliphatic carbocycles. The van der Waals surface area contributed by atoms with Crippen molar-refractivity contribution in [1.82, 2.24) is 10.2 Å². The number of rotatable bonds is 2. The Bertz CT molecular complexity index is 343. The van der Waals surface area contributed by atoms with Gasteiger partial charge in [-0.25, -0.2) is 4.79 Å². The van der Waals surface area contributed by atoms with Crippen LogP contribution in [-0.2, 0) is 4.74 Å². The van der Waals surface area contributed by atoms with Crippen LogP contribution in [0, 0.1) is 0 Å². The number of urea groups is 1. The Balaban J connectivity index is 2.15. The molecule has 0 bridgehead atoms. The maximum absolute atomic E-state index is 13.7. The lowest BCUT2D eigenvalue weighted by Crippen LogP contribution is -2.59. The summed E-state index contributed by atoms with van der Waals surface area (Å²) in [4.78, 5) is 12.2. The fraction of sp³-hybridized carbons (Fsp3) is 0.889. The summed E-state index contributed by atoms with van der Waals surface area (Å²) < 4.78 is 32.3. The predicted octanol–water partition coefficient (Wildman–Crippen LogP) is -1.57. The molecule has 7 nitrogen and oxygen atoms in total. The van der Waals surface area contributed by atoms with E-state index in [1.807, 2.05) is 0 Å². The minimum Gasteiger partial charge on any atom is -0.394 e. The normalized spacial score (nSPS) is 39.8. The number of aliphatic hydroxyl groups is 3. The minimum atomic E-state index is -3.67. The highest BCUT2D eigenvalue weighted by Gasteiger charge is 2.61. The number of nitrogens with one attached hydrogen (secondary N) is 1. The molecule has 2 heterocycles. The molecule has 0 aromatic rings. The Hall–Kier alpha value is -1.03. The van der Waals surface area contributed by atoms with E-state index in [1.54, 1.807) is 0 Å². The number of amides is 2. The van der Waals surface area contributed by atoms with Crippen LogP contribution in [0.5, 0.6) is 0 Å². The van der Waals surface area contributed by atoms with Crippen LogP contribution in [-0.4, -0.2) is 70.0 Å². The highest BCUT2D eigenvalue weighted by molar-refractivity contribution is 5.75. The van der Waals surface area contributed by atoms with Crippen molar-refractivity contribution >= 4 is 6.03 Å². The second-order valence-electron chi connectivity index (χ2n) is 4.28. The molecule has 0 radical (unpaired) electrons. The van der Waals surface area contributed by atoms with Crippen LogP contribution < -0.4 is 5.32 Å². The van der Waals surface area contributed by atoms with Gasteiger partial charge in [0.15, 0.2) is 6.10 Å². The number of carbonyl (C=O) groups excluding carboxylic acids is 1. The zero-order valence-electron chi connectivity index (χ0n) is 9.29. The first-order valence-electron chi connectivity index (χ1n) is 5.45. The average Bonchev–Trinajstić information content (AvgIpc) is 2.52. The second-order valence-corrected chi connectivity index (χ2v) is 4.28. The van der Waals surface area contributed by atoms with E-state index in [0.29, 0.717) is 4.90 Å². The highest BCUT2D eigenvalue weighted by Crippen LogP contribution is 2.38. The second kappa shape index (κ2) is 4.57. The van der Waals surface area contributed by atoms with Gasteiger partial charge in [0.1, 0.15) is 12.3 Å². The van der Waals surface area contributed by atoms with Crippen molar-refractivity contribution in [2.75, 3.05) is 13.2 Å². The number of nitrogens with zero attached hydrogens (tertiary/aromatic N) is 1. The van der Waals surface area contributed by atoms with Gasteiger partial charge in [-0.05, 0) is 0 Å². The van der Waals surface area contributed by atoms with Gasteiger partial charge in [-0.2, -0.15) is 8.78 Å². The molecule has 0 aromatic carbocycles. The first-order valence-corrected chi connectivity index (χ1v) is 5.45. The van der Waals surface area contributed by atoms with Crippen LogP contribution in [0.15, 0.2) is 0 Å². The lowest BCUT2D eigenvalue weighted by molar-refractivity contribution is -0.159. The summed E-state index contributed by atoms with van der Waals surface area (Å²) in [6, 6.07) is -0.899. The SMILES string of the molecule is O=C1N[C@H](O)CCN1[C@H]1O[C@@H](CO)[C@H](O)C1(F)F. The van der Waals surface area contributed by atoms with Gasteiger partial charge in [0, 0.05) is 13.0 Å². The van der Waals surface area contributed by atoms with Crippen LogP contribution in [0.1, 0.15) is 6.42 Å². The minimum absolute atomic E-state index is 0.0710. The molecule has 2 aliphatic rings. The molecule has 104 valence electrons. The van der Waals surface area contributed by atoms with Crippen molar-refractivity contribution in [3.63, 3.8) is 0 Å². The van der Waals surface area contributed by atoms with E-state index in [2.05, 4.69) is 5.32 Å². The number of ether oxygens (including phenoxy) is 1. The molecule has 18 heavy (non-hydrogen) atoms. The molecule has 0 aromatic heterocycles. The zero-order chi connectivity index (χ0) is 13.5. The van der Waals surface area contributed by atoms with Crippen molar-refractivity contribution in [3.05, 3.63) is 0 Å². The van der Waals surface area contributed by atoms with Crippen LogP contribution in [0.4, 0.5) is 13.6 Å². The average molecular weight is 268 g/mol. The third-order valence-electron chi connectivity index (χ3n) is 3.04. The number of carbonyl (C=O) groups is 1. The first kappa shape index (κ1) is 13.4. The van der Waals surface area contributed by atoms with E-state index >= 15 is 0 Å². The van der Waals surface area contributed by atoms with E-state index in [4.69, 9.17) is 14.9 Å². The number of aliphatic hydroxyl groups excluding tert-OH is 3. The maximum Gasteiger partial charge on any atom is 0.321 e. The Labute approximate surface area is 101 Å². The summed E-state index contributed by atoms with van der Waals surface area (Å²) in [5, 5.41) is 29.3. The fourth-order valence-corrected chi connectivity index (χ4v) is 2.03. The monoisotopic (exact) mass is 268 g/mol. The molecule has 2 saturated heterocycles. The largest absolute Gasteiger partial charge is 0.394 e. The zero-order valence-corrected chi connectivity index (χ0v) is 9.29. The van der Waals surface area contributed by atoms with Crippen LogP contribution in [0.25, 0.3) is 0 Å². The van der Waals surface area contributed by atoms with Crippen molar-refractivity contribution in [2.24, 2.45) is 0 Å². The molecule has 4 N–H and O–H groups in total. The van der Waals surface area contributed by atoms with E-state index in [9.17, 15) is 18.7 Å². The van der Waals surface area contributed by atoms with Crippen LogP contribution >= 0.6 is 0 Å². The Morgan fingerprint density at radius 3 is 2.67 bits per heavy atom. The molecule has 2 aliphatic heterocycles. The topological polar surface area (TPSA) is 102 Å². The standard InChI is InChI=1S/C9H14F2N2O5/c10-9(11)6(16)4(3-14)18-7(9)13-2-1-5(15)12-8(13)17/h4-7,14-16H,1-3H2,(H,12,17)/t4-,5+,6-,7-/m0/s1. The summed E-state index contributed by atoms with van der Waals surface area (Å²) in [5.41, 5.74) is 0. The summed E-state index contributed by atoms with van der Waals surface area (Å²) in [6.45, 7) is -0.899. The number of hydrogen-bond donors (Lipinski definition) is 4. The third kappa shape index (κ3) is 2.03. The van der Waals surface area contributed by atoms with Gasteiger partial charge in [-0.1, -0.05) is 0 Å². The van der Waals surface area contributed by atoms with Gasteiger partial charge in [0.25, 0.3) is 0 Å². The Morgan fingerprint density at radius 1 is 1.50 bits per heavy atom. The molecule has 0 saturated carbocycles. The van der Waals surface area contributed by atoms with Crippen molar-refractivity contribution in [2.45, 2.75) is 37.0 Å². The lowest BCUT2D eigenvalue weighted by atomic mass is 10.1. The van der Waals surface area contributed by atoms with Crippen molar-refractivity contribution < 1.29 is 33.6 Å². The molecule has 9 heteroatoms. The predicted molar refractivity (Wildman–Crippen MR) is 52.6 cm³/mol. The van der Waals surface area contributed by atoms with Gasteiger partial charge in [0.05, 0.1) is 6.61 Å². The maximum atomic E-state index is 13.7. The van der Waals surface area contributed by atoms with Gasteiger partial charge in [-0.3, -0.25) is 4.90 Å². The fourth-order valence-electron chi connectivity index (χ4n) is 2.03. The summed E-state index contributed by atoms with van der Waals surface area (Å²) >= 11 is 0. The van der Waals surface area contributed by atoms with Gasteiger partial charge in [0.2, 0.25) is 6.23 Å². The Kier molecular flexibility index (Phi) is 3.41. The highest BCUT2D eigenvalue weighted by atomic mass is 19.3. The molecular weight excluding hydrogens is 254 g/mol. The molecule has 0 unspecified atom stereocenters. The first-order chi connectivity index (χ1) is 8.37. The summed E-state index contributed by atoms with van der Waals surface area (Å²) in [7, 11) is 0. The molecule has 0 spiro atoms. The molecular formula is C9H14F2N2O5. The number of alkyl halides is 2. The molecule has 4 atom stereocenters. The van der Waals surface area contributed by atoms with E-state index in [0.717, 1.165) is 0 Å². The van der Waals surface area contributed by atoms with E-state index < -0.39 is 43.2 Å². The Morgan fingerprint density at radius 2 is 2.17 bits per heavy atom. The number of hydrogen-bond acceptors (Lipinski definition) is 5. The van der Waals surface area contributed by atoms with Crippen molar-refractivity contribution in [1.29, 1.82) is 0 Å². The van der Waals surface area contributed by atoms with Gasteiger partial charge in [-0.15, -0.1) is 0 Å². The summed E-state index contributed by atoms with van der Waals surface area (Å²) in [5.74, 6) is -3.67. The van der Waals surface area contributed by atoms with E-state index in [-0.39, 0.29) is 13.0 Å². The van der Waals surface area contributed by atoms with Gasteiger partial charge < -0.3 is 25.4 Å². The number of halogens is 2. The van der Waals surface area contributed by atoms with Crippen LogP contribution in [0.2, 0.25) is 0 Å². The molecule has 2 amide bonds. The quantitative estimate of drug-likeness (QED) is 0.485. The molecule has 2 rings (SSSR count). The van der Waals surface area contributed by atoms with Crippen molar-refractivity contribution in [3.8, 4) is 0 Å². The lowest BCUT2D eigenvalue weighted by Gasteiger charge is -2.36. The van der Waals surface area contributed by atoms with Crippen LogP contribution in [0.3, 0.4) is 0 Å². The van der Waals surface area contributed by atoms with E-state index in [1.165, 1.54) is 0 Å². The smallest absolute Gasteiger partial charge is 0.321 e. The summed E-state index contributed by atoms with van der Waals surface area (Å²) in [6.07, 6.45) is -6.57.